The highest BCUT2D eigenvalue weighted by atomic mass is 35.5. The van der Waals surface area contributed by atoms with E-state index in [0.29, 0.717) is 12.8 Å². The number of piperidine rings is 1. The molecule has 0 aliphatic carbocycles. The van der Waals surface area contributed by atoms with Crippen LogP contribution in [0.3, 0.4) is 0 Å². The Balaban J connectivity index is 2.20. The largest absolute Gasteiger partial charge is 0.481 e. The first-order chi connectivity index (χ1) is 10.2. The highest BCUT2D eigenvalue weighted by Crippen LogP contribution is 2.27. The summed E-state index contributed by atoms with van der Waals surface area (Å²) in [5.74, 6) is -2.75. The maximum atomic E-state index is 13.4. The lowest BCUT2D eigenvalue weighted by atomic mass is 9.96. The number of hydrogen-bond acceptors (Lipinski definition) is 3. The van der Waals surface area contributed by atoms with E-state index in [1.807, 2.05) is 0 Å². The number of hydrogen-bond donors (Lipinski definition) is 1. The van der Waals surface area contributed by atoms with Gasteiger partial charge in [-0.25, -0.2) is 12.8 Å². The van der Waals surface area contributed by atoms with Crippen molar-refractivity contribution < 1.29 is 22.7 Å². The van der Waals surface area contributed by atoms with Gasteiger partial charge in [0.05, 0.1) is 16.7 Å². The summed E-state index contributed by atoms with van der Waals surface area (Å²) in [5.41, 5.74) is 0.284. The van der Waals surface area contributed by atoms with Crippen LogP contribution in [-0.4, -0.2) is 36.4 Å². The summed E-state index contributed by atoms with van der Waals surface area (Å²) in [6, 6.07) is 3.58. The monoisotopic (exact) mass is 349 g/mol. The molecule has 5 nitrogen and oxygen atoms in total. The lowest BCUT2D eigenvalue weighted by Crippen LogP contribution is -2.47. The van der Waals surface area contributed by atoms with Crippen LogP contribution in [0.1, 0.15) is 25.3 Å². The maximum Gasteiger partial charge on any atom is 0.307 e. The van der Waals surface area contributed by atoms with Gasteiger partial charge in [0.1, 0.15) is 5.82 Å². The van der Waals surface area contributed by atoms with Gasteiger partial charge >= 0.3 is 5.97 Å². The molecule has 2 atom stereocenters. The van der Waals surface area contributed by atoms with Gasteiger partial charge in [-0.3, -0.25) is 4.79 Å². The molecule has 1 heterocycles. The molecule has 1 aliphatic heterocycles. The molecular weight excluding hydrogens is 333 g/mol. The molecule has 0 saturated carbocycles. The van der Waals surface area contributed by atoms with Crippen molar-refractivity contribution in [3.05, 3.63) is 34.6 Å². The predicted octanol–water partition coefficient (Wildman–Crippen LogP) is 2.49. The minimum absolute atomic E-state index is 0.0467. The fourth-order valence-corrected chi connectivity index (χ4v) is 4.53. The van der Waals surface area contributed by atoms with E-state index in [9.17, 15) is 17.6 Å². The van der Waals surface area contributed by atoms with E-state index in [4.69, 9.17) is 16.7 Å². The molecular formula is C14H17ClFNO4S. The Kier molecular flexibility index (Phi) is 5.09. The van der Waals surface area contributed by atoms with Gasteiger partial charge in [0.15, 0.2) is 0 Å². The van der Waals surface area contributed by atoms with Gasteiger partial charge in [0, 0.05) is 12.6 Å². The quantitative estimate of drug-likeness (QED) is 0.906. The summed E-state index contributed by atoms with van der Waals surface area (Å²) in [4.78, 5) is 11.1. The number of aliphatic carboxylic acids is 1. The number of sulfonamides is 1. The van der Waals surface area contributed by atoms with E-state index in [1.54, 1.807) is 6.92 Å². The molecule has 0 radical (unpaired) electrons. The summed E-state index contributed by atoms with van der Waals surface area (Å²) in [6.07, 6.45) is 0.948. The van der Waals surface area contributed by atoms with Gasteiger partial charge in [0.2, 0.25) is 10.0 Å². The molecule has 1 aromatic rings. The van der Waals surface area contributed by atoms with E-state index in [-0.39, 0.29) is 28.9 Å². The van der Waals surface area contributed by atoms with Crippen LogP contribution >= 0.6 is 11.6 Å². The summed E-state index contributed by atoms with van der Waals surface area (Å²) in [6.45, 7) is 1.70. The smallest absolute Gasteiger partial charge is 0.307 e. The zero-order valence-corrected chi connectivity index (χ0v) is 13.6. The lowest BCUT2D eigenvalue weighted by Gasteiger charge is -2.35. The molecule has 8 heteroatoms. The molecule has 1 saturated heterocycles. The lowest BCUT2D eigenvalue weighted by molar-refractivity contribution is -0.143. The van der Waals surface area contributed by atoms with Crippen LogP contribution in [0.25, 0.3) is 0 Å². The van der Waals surface area contributed by atoms with Crippen molar-refractivity contribution in [3.8, 4) is 0 Å². The number of nitrogens with zero attached hydrogens (tertiary/aromatic N) is 1. The first-order valence-corrected chi connectivity index (χ1v) is 8.85. The van der Waals surface area contributed by atoms with Crippen molar-refractivity contribution in [1.82, 2.24) is 4.31 Å². The Morgan fingerprint density at radius 2 is 2.14 bits per heavy atom. The third kappa shape index (κ3) is 3.77. The van der Waals surface area contributed by atoms with Crippen molar-refractivity contribution in [2.24, 2.45) is 5.92 Å². The molecule has 2 rings (SSSR count). The van der Waals surface area contributed by atoms with Crippen molar-refractivity contribution in [2.75, 3.05) is 6.54 Å². The number of carbonyl (C=O) groups is 1. The Morgan fingerprint density at radius 1 is 1.45 bits per heavy atom. The van der Waals surface area contributed by atoms with Crippen molar-refractivity contribution >= 4 is 27.6 Å². The van der Waals surface area contributed by atoms with E-state index in [2.05, 4.69) is 0 Å². The van der Waals surface area contributed by atoms with Crippen molar-refractivity contribution in [2.45, 2.75) is 31.6 Å². The van der Waals surface area contributed by atoms with E-state index < -0.39 is 27.7 Å². The third-order valence-electron chi connectivity index (χ3n) is 3.86. The topological polar surface area (TPSA) is 74.7 Å². The third-order valence-corrected chi connectivity index (χ3v) is 6.09. The van der Waals surface area contributed by atoms with Gasteiger partial charge in [-0.1, -0.05) is 17.7 Å². The molecule has 1 aliphatic rings. The molecule has 2 unspecified atom stereocenters. The van der Waals surface area contributed by atoms with Crippen molar-refractivity contribution in [3.63, 3.8) is 0 Å². The van der Waals surface area contributed by atoms with Crippen LogP contribution in [0.2, 0.25) is 5.02 Å². The molecule has 0 aromatic heterocycles. The van der Waals surface area contributed by atoms with E-state index in [1.165, 1.54) is 16.4 Å². The Morgan fingerprint density at radius 3 is 2.73 bits per heavy atom. The normalized spacial score (nSPS) is 23.4. The number of carboxylic acids is 1. The van der Waals surface area contributed by atoms with Gasteiger partial charge in [0.25, 0.3) is 0 Å². The SMILES string of the molecule is CC1CCC(C(=O)O)CN1S(=O)(=O)Cc1ccc(Cl)c(F)c1. The summed E-state index contributed by atoms with van der Waals surface area (Å²) < 4.78 is 39.6. The first-order valence-electron chi connectivity index (χ1n) is 6.87. The van der Waals surface area contributed by atoms with Crippen LogP contribution in [0.5, 0.6) is 0 Å². The highest BCUT2D eigenvalue weighted by molar-refractivity contribution is 7.88. The highest BCUT2D eigenvalue weighted by Gasteiger charge is 2.36. The Labute approximate surface area is 133 Å². The number of rotatable bonds is 4. The second-order valence-corrected chi connectivity index (χ2v) is 7.86. The summed E-state index contributed by atoms with van der Waals surface area (Å²) >= 11 is 5.58. The molecule has 0 spiro atoms. The minimum Gasteiger partial charge on any atom is -0.481 e. The average Bonchev–Trinajstić information content (AvgIpc) is 2.42. The van der Waals surface area contributed by atoms with Gasteiger partial charge in [-0.05, 0) is 37.5 Å². The van der Waals surface area contributed by atoms with Crippen LogP contribution in [0.4, 0.5) is 4.39 Å². The Bertz CT molecular complexity index is 679. The first kappa shape index (κ1) is 17.2. The van der Waals surface area contributed by atoms with Crippen LogP contribution in [0, 0.1) is 11.7 Å². The van der Waals surface area contributed by atoms with E-state index in [0.717, 1.165) is 6.07 Å². The van der Waals surface area contributed by atoms with Gasteiger partial charge in [-0.2, -0.15) is 4.31 Å². The molecule has 1 N–H and O–H groups in total. The number of halogens is 2. The fourth-order valence-electron chi connectivity index (χ4n) is 2.59. The van der Waals surface area contributed by atoms with E-state index >= 15 is 0 Å². The van der Waals surface area contributed by atoms with Crippen LogP contribution in [0.15, 0.2) is 18.2 Å². The van der Waals surface area contributed by atoms with Gasteiger partial charge < -0.3 is 5.11 Å². The molecule has 1 aromatic carbocycles. The van der Waals surface area contributed by atoms with Crippen LogP contribution < -0.4 is 0 Å². The second-order valence-electron chi connectivity index (χ2n) is 5.54. The molecule has 0 bridgehead atoms. The van der Waals surface area contributed by atoms with Crippen molar-refractivity contribution in [1.29, 1.82) is 0 Å². The zero-order valence-electron chi connectivity index (χ0n) is 12.0. The molecule has 22 heavy (non-hydrogen) atoms. The number of benzene rings is 1. The molecule has 122 valence electrons. The summed E-state index contributed by atoms with van der Waals surface area (Å²) in [7, 11) is -3.72. The minimum atomic E-state index is -3.72. The fraction of sp³-hybridized carbons (Fsp3) is 0.500. The average molecular weight is 350 g/mol. The summed E-state index contributed by atoms with van der Waals surface area (Å²) in [5, 5.41) is 9.01. The number of carboxylic acid groups (broad SMARTS) is 1. The Hall–Kier alpha value is -1.18. The standard InChI is InChI=1S/C14H17ClFNO4S/c1-9-2-4-11(14(18)19)7-17(9)22(20,21)8-10-3-5-12(15)13(16)6-10/h3,5-6,9,11H,2,4,7-8H2,1H3,(H,18,19). The zero-order chi connectivity index (χ0) is 16.5. The predicted molar refractivity (Wildman–Crippen MR) is 80.6 cm³/mol. The molecule has 0 amide bonds. The van der Waals surface area contributed by atoms with Gasteiger partial charge in [-0.15, -0.1) is 0 Å². The van der Waals surface area contributed by atoms with Crippen LogP contribution in [-0.2, 0) is 20.6 Å². The maximum absolute atomic E-state index is 13.4. The second kappa shape index (κ2) is 6.52. The molecule has 1 fully saturated rings.